The molecular formula is C14H15N3O5S. The van der Waals surface area contributed by atoms with E-state index in [0.717, 1.165) is 0 Å². The van der Waals surface area contributed by atoms with Gasteiger partial charge in [0.1, 0.15) is 6.54 Å². The van der Waals surface area contributed by atoms with Gasteiger partial charge >= 0.3 is 0 Å². The number of nitrogens with one attached hydrogen (secondary N) is 1. The van der Waals surface area contributed by atoms with Crippen LogP contribution in [0.4, 0.5) is 5.69 Å². The number of amides is 1. The third-order valence-corrected chi connectivity index (χ3v) is 3.91. The molecule has 0 aliphatic carbocycles. The van der Waals surface area contributed by atoms with E-state index in [2.05, 4.69) is 5.32 Å². The van der Waals surface area contributed by atoms with Crippen LogP contribution in [0.5, 0.6) is 5.75 Å². The predicted molar refractivity (Wildman–Crippen MR) is 83.7 cm³/mol. The molecule has 1 aromatic heterocycles. The maximum atomic E-state index is 12.0. The average molecular weight is 337 g/mol. The molecule has 9 heteroatoms. The number of benzene rings is 1. The van der Waals surface area contributed by atoms with Crippen LogP contribution in [0.15, 0.2) is 52.3 Å². The van der Waals surface area contributed by atoms with Gasteiger partial charge in [-0.2, -0.15) is 0 Å². The van der Waals surface area contributed by atoms with Crippen LogP contribution in [0.3, 0.4) is 0 Å². The van der Waals surface area contributed by atoms with Crippen molar-refractivity contribution in [1.29, 1.82) is 0 Å². The Morgan fingerprint density at radius 2 is 1.91 bits per heavy atom. The van der Waals surface area contributed by atoms with Crippen LogP contribution in [0, 0.1) is 0 Å². The molecule has 1 heterocycles. The monoisotopic (exact) mass is 337 g/mol. The minimum atomic E-state index is -3.78. The summed E-state index contributed by atoms with van der Waals surface area (Å²) in [5.74, 6) is -0.304. The summed E-state index contributed by atoms with van der Waals surface area (Å²) in [6.07, 6.45) is 1.47. The van der Waals surface area contributed by atoms with Gasteiger partial charge < -0.3 is 14.6 Å². The van der Waals surface area contributed by atoms with Gasteiger partial charge in [0.15, 0.2) is 5.75 Å². The number of nitrogens with two attached hydrogens (primary N) is 1. The molecule has 0 aliphatic rings. The Bertz CT molecular complexity index is 872. The second-order valence-electron chi connectivity index (χ2n) is 4.63. The number of hydrogen-bond donors (Lipinski definition) is 2. The second-order valence-corrected chi connectivity index (χ2v) is 6.19. The van der Waals surface area contributed by atoms with Gasteiger partial charge in [-0.05, 0) is 36.4 Å². The fourth-order valence-corrected chi connectivity index (χ4v) is 2.39. The Kier molecular flexibility index (Phi) is 4.82. The van der Waals surface area contributed by atoms with Gasteiger partial charge in [-0.1, -0.05) is 0 Å². The van der Waals surface area contributed by atoms with Crippen LogP contribution in [0.1, 0.15) is 0 Å². The van der Waals surface area contributed by atoms with Gasteiger partial charge in [0, 0.05) is 11.9 Å². The normalized spacial score (nSPS) is 11.0. The van der Waals surface area contributed by atoms with Crippen molar-refractivity contribution in [3.8, 4) is 5.75 Å². The first-order valence-corrected chi connectivity index (χ1v) is 8.02. The molecule has 0 bridgehead atoms. The molecule has 1 aromatic carbocycles. The van der Waals surface area contributed by atoms with E-state index in [0.29, 0.717) is 5.69 Å². The van der Waals surface area contributed by atoms with E-state index in [1.165, 1.54) is 48.2 Å². The first-order chi connectivity index (χ1) is 10.8. The van der Waals surface area contributed by atoms with Gasteiger partial charge in [0.05, 0.1) is 12.0 Å². The second kappa shape index (κ2) is 6.63. The largest absolute Gasteiger partial charge is 0.491 e. The van der Waals surface area contributed by atoms with Gasteiger partial charge in [0.2, 0.25) is 15.9 Å². The van der Waals surface area contributed by atoms with Gasteiger partial charge in [0.25, 0.3) is 5.56 Å². The summed E-state index contributed by atoms with van der Waals surface area (Å²) in [7, 11) is -2.41. The zero-order valence-corrected chi connectivity index (χ0v) is 13.0. The first kappa shape index (κ1) is 16.7. The Hall–Kier alpha value is -2.65. The van der Waals surface area contributed by atoms with E-state index in [-0.39, 0.29) is 17.2 Å². The van der Waals surface area contributed by atoms with Crippen molar-refractivity contribution in [3.63, 3.8) is 0 Å². The lowest BCUT2D eigenvalue weighted by Crippen LogP contribution is -2.27. The lowest BCUT2D eigenvalue weighted by atomic mass is 10.3. The molecule has 0 unspecified atom stereocenters. The van der Waals surface area contributed by atoms with Crippen molar-refractivity contribution in [3.05, 3.63) is 52.9 Å². The molecule has 0 aliphatic heterocycles. The van der Waals surface area contributed by atoms with Crippen LogP contribution in [0.2, 0.25) is 0 Å². The summed E-state index contributed by atoms with van der Waals surface area (Å²) in [5, 5.41) is 7.55. The van der Waals surface area contributed by atoms with Crippen LogP contribution < -0.4 is 20.8 Å². The number of carbonyl (C=O) groups is 1. The van der Waals surface area contributed by atoms with Crippen molar-refractivity contribution < 1.29 is 17.9 Å². The molecule has 3 N–H and O–H groups in total. The van der Waals surface area contributed by atoms with Crippen LogP contribution in [-0.4, -0.2) is 26.0 Å². The van der Waals surface area contributed by atoms with E-state index >= 15 is 0 Å². The summed E-state index contributed by atoms with van der Waals surface area (Å²) < 4.78 is 28.4. The highest BCUT2D eigenvalue weighted by Crippen LogP contribution is 2.12. The van der Waals surface area contributed by atoms with E-state index in [4.69, 9.17) is 9.88 Å². The molecule has 0 fully saturated rings. The maximum Gasteiger partial charge on any atom is 0.293 e. The Morgan fingerprint density at radius 1 is 1.26 bits per heavy atom. The van der Waals surface area contributed by atoms with Gasteiger partial charge in [-0.25, -0.2) is 13.6 Å². The molecule has 122 valence electrons. The Morgan fingerprint density at radius 3 is 2.48 bits per heavy atom. The zero-order valence-electron chi connectivity index (χ0n) is 12.2. The summed E-state index contributed by atoms with van der Waals surface area (Å²) in [5.41, 5.74) is -0.0342. The average Bonchev–Trinajstić information content (AvgIpc) is 2.49. The lowest BCUT2D eigenvalue weighted by Gasteiger charge is -2.09. The predicted octanol–water partition coefficient (Wildman–Crippen LogP) is 0.143. The van der Waals surface area contributed by atoms with E-state index in [1.807, 2.05) is 0 Å². The topological polar surface area (TPSA) is 120 Å². The van der Waals surface area contributed by atoms with Crippen molar-refractivity contribution in [2.75, 3.05) is 12.4 Å². The molecule has 0 spiro atoms. The van der Waals surface area contributed by atoms with E-state index in [1.54, 1.807) is 6.07 Å². The smallest absolute Gasteiger partial charge is 0.293 e. The molecule has 23 heavy (non-hydrogen) atoms. The van der Waals surface area contributed by atoms with Gasteiger partial charge in [-0.3, -0.25) is 9.59 Å². The number of anilines is 1. The third kappa shape index (κ3) is 4.18. The maximum absolute atomic E-state index is 12.0. The molecular weight excluding hydrogens is 322 g/mol. The fraction of sp³-hybridized carbons (Fsp3) is 0.143. The quantitative estimate of drug-likeness (QED) is 0.804. The Labute approximate surface area is 132 Å². The lowest BCUT2D eigenvalue weighted by molar-refractivity contribution is -0.116. The highest BCUT2D eigenvalue weighted by atomic mass is 32.2. The van der Waals surface area contributed by atoms with Crippen LogP contribution >= 0.6 is 0 Å². The minimum absolute atomic E-state index is 0.0560. The van der Waals surface area contributed by atoms with Crippen LogP contribution in [0.25, 0.3) is 0 Å². The highest BCUT2D eigenvalue weighted by Gasteiger charge is 2.10. The summed E-state index contributed by atoms with van der Waals surface area (Å²) >= 11 is 0. The summed E-state index contributed by atoms with van der Waals surface area (Å²) in [6, 6.07) is 8.47. The third-order valence-electron chi connectivity index (χ3n) is 2.99. The molecule has 2 aromatic rings. The number of pyridine rings is 1. The van der Waals surface area contributed by atoms with Crippen molar-refractivity contribution in [2.24, 2.45) is 5.14 Å². The molecule has 8 nitrogen and oxygen atoms in total. The molecule has 1 amide bonds. The van der Waals surface area contributed by atoms with Crippen LogP contribution in [-0.2, 0) is 21.4 Å². The van der Waals surface area contributed by atoms with E-state index < -0.39 is 21.5 Å². The number of sulfonamides is 1. The molecule has 0 atom stereocenters. The number of ether oxygens (including phenoxy) is 1. The van der Waals surface area contributed by atoms with Crippen molar-refractivity contribution in [2.45, 2.75) is 11.4 Å². The van der Waals surface area contributed by atoms with E-state index in [9.17, 15) is 18.0 Å². The molecule has 0 saturated heterocycles. The summed E-state index contributed by atoms with van der Waals surface area (Å²) in [4.78, 5) is 23.8. The standard InChI is InChI=1S/C14H15N3O5S/c1-22-12-3-2-8-17(14(12)19)9-13(18)16-10-4-6-11(7-5-10)23(15,20)21/h2-8H,9H2,1H3,(H,16,18)(H2,15,20,21). The Balaban J connectivity index is 2.10. The number of rotatable bonds is 5. The number of nitrogens with zero attached hydrogens (tertiary/aromatic N) is 1. The number of aromatic nitrogens is 1. The molecule has 2 rings (SSSR count). The molecule has 0 saturated carbocycles. The van der Waals surface area contributed by atoms with Crippen molar-refractivity contribution in [1.82, 2.24) is 4.57 Å². The number of primary sulfonamides is 1. The number of carbonyl (C=O) groups excluding carboxylic acids is 1. The minimum Gasteiger partial charge on any atom is -0.491 e. The number of hydrogen-bond acceptors (Lipinski definition) is 5. The highest BCUT2D eigenvalue weighted by molar-refractivity contribution is 7.89. The SMILES string of the molecule is COc1cccn(CC(=O)Nc2ccc(S(N)(=O)=O)cc2)c1=O. The molecule has 0 radical (unpaired) electrons. The van der Waals surface area contributed by atoms with Crippen molar-refractivity contribution >= 4 is 21.6 Å². The first-order valence-electron chi connectivity index (χ1n) is 6.47. The van der Waals surface area contributed by atoms with Gasteiger partial charge in [-0.15, -0.1) is 0 Å². The summed E-state index contributed by atoms with van der Waals surface area (Å²) in [6.45, 7) is -0.201. The number of methoxy groups -OCH3 is 1. The fourth-order valence-electron chi connectivity index (χ4n) is 1.88. The zero-order chi connectivity index (χ0) is 17.0.